The van der Waals surface area contributed by atoms with Gasteiger partial charge in [0, 0.05) is 26.7 Å². The summed E-state index contributed by atoms with van der Waals surface area (Å²) < 4.78 is 5.09. The number of nitrogens with zero attached hydrogens (tertiary/aromatic N) is 1. The molecule has 0 radical (unpaired) electrons. The normalized spacial score (nSPS) is 13.1. The van der Waals surface area contributed by atoms with Gasteiger partial charge in [0.25, 0.3) is 0 Å². The topological polar surface area (TPSA) is 45.7 Å². The second-order valence-electron chi connectivity index (χ2n) is 4.59. The molecule has 0 aliphatic carbocycles. The molecule has 0 aromatic heterocycles. The number of methoxy groups -OCH3 is 1. The van der Waals surface area contributed by atoms with Crippen LogP contribution in [0.4, 0.5) is 0 Å². The molecule has 0 saturated heterocycles. The molecule has 0 amide bonds. The highest BCUT2D eigenvalue weighted by atomic mass is 16.5. The highest BCUT2D eigenvalue weighted by molar-refractivity contribution is 5.79. The fourth-order valence-electron chi connectivity index (χ4n) is 1.86. The summed E-state index contributed by atoms with van der Waals surface area (Å²) in [5.41, 5.74) is 1.37. The molecule has 1 rings (SSSR count). The predicted molar refractivity (Wildman–Crippen MR) is 80.6 cm³/mol. The lowest BCUT2D eigenvalue weighted by Crippen LogP contribution is -2.44. The minimum Gasteiger partial charge on any atom is -0.383 e. The third kappa shape index (κ3) is 6.82. The van der Waals surface area contributed by atoms with Crippen molar-refractivity contribution in [3.63, 3.8) is 0 Å². The van der Waals surface area contributed by atoms with E-state index in [1.807, 2.05) is 6.07 Å². The Kier molecular flexibility index (Phi) is 7.66. The smallest absolute Gasteiger partial charge is 0.191 e. The first-order valence-corrected chi connectivity index (χ1v) is 6.76. The van der Waals surface area contributed by atoms with Gasteiger partial charge in [-0.3, -0.25) is 4.99 Å². The van der Waals surface area contributed by atoms with E-state index >= 15 is 0 Å². The largest absolute Gasteiger partial charge is 0.383 e. The van der Waals surface area contributed by atoms with E-state index in [0.717, 1.165) is 25.3 Å². The third-order valence-corrected chi connectivity index (χ3v) is 2.80. The lowest BCUT2D eigenvalue weighted by atomic mass is 10.1. The van der Waals surface area contributed by atoms with E-state index in [1.54, 1.807) is 14.2 Å². The molecule has 0 heterocycles. The van der Waals surface area contributed by atoms with Crippen LogP contribution in [0.5, 0.6) is 0 Å². The molecule has 0 aliphatic rings. The molecule has 1 unspecified atom stereocenters. The summed E-state index contributed by atoms with van der Waals surface area (Å²) in [6.07, 6.45) is 2.17. The average molecular weight is 263 g/mol. The molecule has 0 bridgehead atoms. The van der Waals surface area contributed by atoms with Crippen molar-refractivity contribution in [2.24, 2.45) is 4.99 Å². The van der Waals surface area contributed by atoms with Gasteiger partial charge in [-0.05, 0) is 25.3 Å². The average Bonchev–Trinajstić information content (AvgIpc) is 2.43. The van der Waals surface area contributed by atoms with Crippen molar-refractivity contribution in [2.75, 3.05) is 27.3 Å². The zero-order valence-electron chi connectivity index (χ0n) is 12.1. The Bertz CT molecular complexity index is 365. The molecular formula is C15H25N3O. The number of ether oxygens (including phenoxy) is 1. The predicted octanol–water partition coefficient (Wildman–Crippen LogP) is 1.82. The first kappa shape index (κ1) is 15.5. The summed E-state index contributed by atoms with van der Waals surface area (Å²) in [5.74, 6) is 0.831. The summed E-state index contributed by atoms with van der Waals surface area (Å²) in [5, 5.41) is 6.59. The molecule has 106 valence electrons. The van der Waals surface area contributed by atoms with Crippen LogP contribution in [-0.2, 0) is 11.2 Å². The highest BCUT2D eigenvalue weighted by Crippen LogP contribution is 2.01. The van der Waals surface area contributed by atoms with Crippen molar-refractivity contribution in [1.82, 2.24) is 10.6 Å². The van der Waals surface area contributed by atoms with Crippen LogP contribution < -0.4 is 10.6 Å². The molecule has 0 aliphatic heterocycles. The van der Waals surface area contributed by atoms with Crippen molar-refractivity contribution >= 4 is 5.96 Å². The number of rotatable bonds is 7. The number of guanidine groups is 1. The van der Waals surface area contributed by atoms with Crippen molar-refractivity contribution in [1.29, 1.82) is 0 Å². The Hall–Kier alpha value is -1.55. The van der Waals surface area contributed by atoms with E-state index in [1.165, 1.54) is 5.56 Å². The van der Waals surface area contributed by atoms with Gasteiger partial charge in [0.15, 0.2) is 5.96 Å². The maximum Gasteiger partial charge on any atom is 0.191 e. The van der Waals surface area contributed by atoms with Gasteiger partial charge < -0.3 is 15.4 Å². The molecule has 4 nitrogen and oxygen atoms in total. The minimum absolute atomic E-state index is 0.255. The van der Waals surface area contributed by atoms with E-state index in [0.29, 0.717) is 6.61 Å². The quantitative estimate of drug-likeness (QED) is 0.448. The fraction of sp³-hybridized carbons (Fsp3) is 0.533. The Morgan fingerprint density at radius 1 is 1.32 bits per heavy atom. The molecule has 0 fully saturated rings. The van der Waals surface area contributed by atoms with Crippen molar-refractivity contribution in [3.8, 4) is 0 Å². The molecule has 19 heavy (non-hydrogen) atoms. The van der Waals surface area contributed by atoms with Gasteiger partial charge in [-0.15, -0.1) is 0 Å². The number of aliphatic imine (C=N–C) groups is 1. The fourth-order valence-corrected chi connectivity index (χ4v) is 1.86. The molecule has 0 saturated carbocycles. The number of benzene rings is 1. The number of aryl methyl sites for hydroxylation is 1. The molecule has 1 atom stereocenters. The Labute approximate surface area is 116 Å². The zero-order valence-corrected chi connectivity index (χ0v) is 12.1. The standard InChI is InChI=1S/C15H25N3O/c1-13(12-19-3)18-15(16-2)17-11-7-10-14-8-5-4-6-9-14/h4-6,8-9,13H,7,10-12H2,1-3H3,(H2,16,17,18). The van der Waals surface area contributed by atoms with E-state index < -0.39 is 0 Å². The summed E-state index contributed by atoms with van der Waals surface area (Å²) in [6, 6.07) is 10.8. The number of hydrogen-bond donors (Lipinski definition) is 2. The van der Waals surface area contributed by atoms with Gasteiger partial charge in [0.1, 0.15) is 0 Å². The van der Waals surface area contributed by atoms with Crippen LogP contribution in [0.15, 0.2) is 35.3 Å². The van der Waals surface area contributed by atoms with Gasteiger partial charge in [-0.1, -0.05) is 30.3 Å². The summed E-state index contributed by atoms with van der Waals surface area (Å²) in [6.45, 7) is 3.65. The third-order valence-electron chi connectivity index (χ3n) is 2.80. The first-order valence-electron chi connectivity index (χ1n) is 6.76. The Balaban J connectivity index is 2.20. The molecule has 1 aromatic carbocycles. The molecule has 2 N–H and O–H groups in total. The second-order valence-corrected chi connectivity index (χ2v) is 4.59. The molecule has 0 spiro atoms. The van der Waals surface area contributed by atoms with Crippen LogP contribution in [0.2, 0.25) is 0 Å². The second kappa shape index (κ2) is 9.39. The Morgan fingerprint density at radius 2 is 2.05 bits per heavy atom. The maximum atomic E-state index is 5.09. The number of hydrogen-bond acceptors (Lipinski definition) is 2. The van der Waals surface area contributed by atoms with Crippen LogP contribution in [0.3, 0.4) is 0 Å². The molecule has 4 heteroatoms. The van der Waals surface area contributed by atoms with Crippen molar-refractivity contribution < 1.29 is 4.74 Å². The van der Waals surface area contributed by atoms with Crippen LogP contribution in [0.25, 0.3) is 0 Å². The maximum absolute atomic E-state index is 5.09. The molecular weight excluding hydrogens is 238 g/mol. The van der Waals surface area contributed by atoms with Crippen LogP contribution in [0.1, 0.15) is 18.9 Å². The first-order chi connectivity index (χ1) is 9.26. The van der Waals surface area contributed by atoms with E-state index in [-0.39, 0.29) is 6.04 Å². The monoisotopic (exact) mass is 263 g/mol. The zero-order chi connectivity index (χ0) is 13.9. The van der Waals surface area contributed by atoms with E-state index in [9.17, 15) is 0 Å². The summed E-state index contributed by atoms with van der Waals surface area (Å²) in [7, 11) is 3.49. The summed E-state index contributed by atoms with van der Waals surface area (Å²) >= 11 is 0. The van der Waals surface area contributed by atoms with Crippen LogP contribution >= 0.6 is 0 Å². The lowest BCUT2D eigenvalue weighted by molar-refractivity contribution is 0.179. The van der Waals surface area contributed by atoms with E-state index in [4.69, 9.17) is 4.74 Å². The van der Waals surface area contributed by atoms with Gasteiger partial charge >= 0.3 is 0 Å². The molecule has 1 aromatic rings. The van der Waals surface area contributed by atoms with Gasteiger partial charge in [-0.2, -0.15) is 0 Å². The van der Waals surface area contributed by atoms with Gasteiger partial charge in [0.05, 0.1) is 6.61 Å². The van der Waals surface area contributed by atoms with Gasteiger partial charge in [-0.25, -0.2) is 0 Å². The van der Waals surface area contributed by atoms with Crippen LogP contribution in [0, 0.1) is 0 Å². The van der Waals surface area contributed by atoms with Crippen LogP contribution in [-0.4, -0.2) is 39.3 Å². The highest BCUT2D eigenvalue weighted by Gasteiger charge is 2.03. The van der Waals surface area contributed by atoms with Crippen molar-refractivity contribution in [3.05, 3.63) is 35.9 Å². The SMILES string of the molecule is CN=C(NCCCc1ccccc1)NC(C)COC. The van der Waals surface area contributed by atoms with E-state index in [2.05, 4.69) is 46.8 Å². The van der Waals surface area contributed by atoms with Crippen molar-refractivity contribution in [2.45, 2.75) is 25.8 Å². The minimum atomic E-state index is 0.255. The lowest BCUT2D eigenvalue weighted by Gasteiger charge is -2.17. The summed E-state index contributed by atoms with van der Waals surface area (Å²) in [4.78, 5) is 4.19. The Morgan fingerprint density at radius 3 is 2.68 bits per heavy atom. The number of nitrogens with one attached hydrogen (secondary N) is 2. The van der Waals surface area contributed by atoms with Gasteiger partial charge in [0.2, 0.25) is 0 Å².